The molecular formula is C13H15BrO2. The van der Waals surface area contributed by atoms with E-state index in [1.165, 1.54) is 0 Å². The van der Waals surface area contributed by atoms with Crippen LogP contribution in [-0.2, 0) is 11.2 Å². The molecule has 1 aromatic carbocycles. The third kappa shape index (κ3) is 2.53. The zero-order valence-corrected chi connectivity index (χ0v) is 10.7. The summed E-state index contributed by atoms with van der Waals surface area (Å²) in [6.07, 6.45) is 3.50. The second-order valence-electron chi connectivity index (χ2n) is 4.47. The molecule has 0 aliphatic heterocycles. The van der Waals surface area contributed by atoms with E-state index in [2.05, 4.69) is 15.9 Å². The zero-order chi connectivity index (χ0) is 11.6. The van der Waals surface area contributed by atoms with E-state index in [0.717, 1.165) is 22.9 Å². The van der Waals surface area contributed by atoms with E-state index in [9.17, 15) is 9.90 Å². The van der Waals surface area contributed by atoms with Crippen LogP contribution in [0.15, 0.2) is 28.7 Å². The maximum atomic E-state index is 12.0. The average Bonchev–Trinajstić information content (AvgIpc) is 2.66. The molecule has 1 N–H and O–H groups in total. The number of aliphatic hydroxyl groups is 1. The highest BCUT2D eigenvalue weighted by atomic mass is 79.9. The summed E-state index contributed by atoms with van der Waals surface area (Å²) in [5, 5.41) is 10.1. The molecule has 0 amide bonds. The fourth-order valence-corrected chi connectivity index (χ4v) is 2.68. The molecule has 1 saturated carbocycles. The number of benzene rings is 1. The number of carbonyl (C=O) groups is 1. The highest BCUT2D eigenvalue weighted by Gasteiger charge is 2.37. The van der Waals surface area contributed by atoms with Gasteiger partial charge in [0.15, 0.2) is 5.78 Å². The van der Waals surface area contributed by atoms with Crippen LogP contribution in [0.4, 0.5) is 0 Å². The highest BCUT2D eigenvalue weighted by Crippen LogP contribution is 2.31. The van der Waals surface area contributed by atoms with E-state index < -0.39 is 5.60 Å². The van der Waals surface area contributed by atoms with E-state index in [-0.39, 0.29) is 5.78 Å². The second-order valence-corrected chi connectivity index (χ2v) is 5.38. The number of halogens is 1. The first-order chi connectivity index (χ1) is 7.60. The molecule has 0 radical (unpaired) electrons. The van der Waals surface area contributed by atoms with Crippen LogP contribution in [0.2, 0.25) is 0 Å². The van der Waals surface area contributed by atoms with Crippen molar-refractivity contribution in [1.82, 2.24) is 0 Å². The largest absolute Gasteiger partial charge is 0.382 e. The molecule has 16 heavy (non-hydrogen) atoms. The lowest BCUT2D eigenvalue weighted by Crippen LogP contribution is -2.36. The van der Waals surface area contributed by atoms with E-state index >= 15 is 0 Å². The number of rotatable bonds is 3. The monoisotopic (exact) mass is 282 g/mol. The van der Waals surface area contributed by atoms with E-state index in [4.69, 9.17) is 0 Å². The van der Waals surface area contributed by atoms with Crippen LogP contribution in [-0.4, -0.2) is 16.5 Å². The van der Waals surface area contributed by atoms with Crippen LogP contribution in [0.5, 0.6) is 0 Å². The number of hydrogen-bond donors (Lipinski definition) is 1. The third-order valence-electron chi connectivity index (χ3n) is 3.20. The van der Waals surface area contributed by atoms with Gasteiger partial charge in [-0.2, -0.15) is 0 Å². The molecule has 2 rings (SSSR count). The van der Waals surface area contributed by atoms with Gasteiger partial charge in [0.2, 0.25) is 0 Å². The number of carbonyl (C=O) groups excluding carboxylic acids is 1. The quantitative estimate of drug-likeness (QED) is 0.926. The summed E-state index contributed by atoms with van der Waals surface area (Å²) in [7, 11) is 0. The molecule has 3 heteroatoms. The molecule has 1 aliphatic rings. The first kappa shape index (κ1) is 11.8. The molecule has 2 nitrogen and oxygen atoms in total. The lowest BCUT2D eigenvalue weighted by atomic mass is 9.92. The minimum absolute atomic E-state index is 0.0388. The predicted molar refractivity (Wildman–Crippen MR) is 66.3 cm³/mol. The first-order valence-electron chi connectivity index (χ1n) is 5.60. The van der Waals surface area contributed by atoms with Crippen molar-refractivity contribution in [3.05, 3.63) is 34.3 Å². The molecule has 1 fully saturated rings. The maximum Gasteiger partial charge on any atom is 0.168 e. The van der Waals surface area contributed by atoms with Crippen LogP contribution in [0.25, 0.3) is 0 Å². The van der Waals surface area contributed by atoms with Gasteiger partial charge in [-0.15, -0.1) is 0 Å². The van der Waals surface area contributed by atoms with Gasteiger partial charge in [-0.05, 0) is 43.4 Å². The van der Waals surface area contributed by atoms with Gasteiger partial charge in [-0.3, -0.25) is 4.79 Å². The van der Waals surface area contributed by atoms with Gasteiger partial charge in [0.25, 0.3) is 0 Å². The summed E-state index contributed by atoms with van der Waals surface area (Å²) < 4.78 is 0.969. The minimum atomic E-state index is -1.05. The normalized spacial score (nSPS) is 18.6. The van der Waals surface area contributed by atoms with Crippen molar-refractivity contribution in [2.75, 3.05) is 0 Å². The number of Topliss-reactive ketones (excluding diaryl/α,β-unsaturated/α-hetero) is 1. The van der Waals surface area contributed by atoms with Crippen LogP contribution < -0.4 is 0 Å². The first-order valence-corrected chi connectivity index (χ1v) is 6.40. The maximum absolute atomic E-state index is 12.0. The summed E-state index contributed by atoms with van der Waals surface area (Å²) in [5.41, 5.74) is -0.0952. The molecule has 0 spiro atoms. The molecule has 0 heterocycles. The Hall–Kier alpha value is -0.670. The Balaban J connectivity index is 2.07. The Morgan fingerprint density at radius 2 is 2.06 bits per heavy atom. The standard InChI is InChI=1S/C13H15BrO2/c14-11-5-3-4-10(8-11)9-12(15)13(16)6-1-2-7-13/h3-5,8,16H,1-2,6-7,9H2. The van der Waals surface area contributed by atoms with Gasteiger partial charge in [-0.25, -0.2) is 0 Å². The average molecular weight is 283 g/mol. The summed E-state index contributed by atoms with van der Waals surface area (Å²) >= 11 is 3.38. The lowest BCUT2D eigenvalue weighted by Gasteiger charge is -2.20. The second kappa shape index (κ2) is 4.68. The van der Waals surface area contributed by atoms with Crippen molar-refractivity contribution < 1.29 is 9.90 Å². The lowest BCUT2D eigenvalue weighted by molar-refractivity contribution is -0.136. The molecule has 0 bridgehead atoms. The van der Waals surface area contributed by atoms with Crippen molar-refractivity contribution in [2.24, 2.45) is 0 Å². The van der Waals surface area contributed by atoms with Gasteiger partial charge in [0.05, 0.1) is 0 Å². The summed E-state index contributed by atoms with van der Waals surface area (Å²) in [6, 6.07) is 7.68. The van der Waals surface area contributed by atoms with Crippen molar-refractivity contribution in [2.45, 2.75) is 37.7 Å². The van der Waals surface area contributed by atoms with Gasteiger partial charge in [0.1, 0.15) is 5.60 Å². The molecule has 0 saturated heterocycles. The van der Waals surface area contributed by atoms with E-state index in [0.29, 0.717) is 19.3 Å². The SMILES string of the molecule is O=C(Cc1cccc(Br)c1)C1(O)CCCC1. The molecule has 0 unspecified atom stereocenters. The smallest absolute Gasteiger partial charge is 0.168 e. The summed E-state index contributed by atoms with van der Waals surface area (Å²) in [4.78, 5) is 12.0. The van der Waals surface area contributed by atoms with Gasteiger partial charge >= 0.3 is 0 Å². The topological polar surface area (TPSA) is 37.3 Å². The summed E-state index contributed by atoms with van der Waals surface area (Å²) in [6.45, 7) is 0. The van der Waals surface area contributed by atoms with E-state index in [1.807, 2.05) is 24.3 Å². The number of ketones is 1. The Kier molecular flexibility index (Phi) is 3.45. The van der Waals surface area contributed by atoms with Crippen LogP contribution >= 0.6 is 15.9 Å². The van der Waals surface area contributed by atoms with Crippen molar-refractivity contribution >= 4 is 21.7 Å². The van der Waals surface area contributed by atoms with Crippen LogP contribution in [0.3, 0.4) is 0 Å². The molecule has 1 aliphatic carbocycles. The zero-order valence-electron chi connectivity index (χ0n) is 9.08. The van der Waals surface area contributed by atoms with Gasteiger partial charge < -0.3 is 5.11 Å². The predicted octanol–water partition coefficient (Wildman–Crippen LogP) is 2.87. The Labute approximate surface area is 104 Å². The molecule has 86 valence electrons. The molecule has 0 atom stereocenters. The van der Waals surface area contributed by atoms with Crippen molar-refractivity contribution in [1.29, 1.82) is 0 Å². The molecule has 1 aromatic rings. The molecular weight excluding hydrogens is 268 g/mol. The number of hydrogen-bond acceptors (Lipinski definition) is 2. The fraction of sp³-hybridized carbons (Fsp3) is 0.462. The van der Waals surface area contributed by atoms with Gasteiger partial charge in [0, 0.05) is 10.9 Å². The Bertz CT molecular complexity index is 395. The van der Waals surface area contributed by atoms with Crippen LogP contribution in [0, 0.1) is 0 Å². The molecule has 0 aromatic heterocycles. The van der Waals surface area contributed by atoms with Crippen molar-refractivity contribution in [3.63, 3.8) is 0 Å². The van der Waals surface area contributed by atoms with E-state index in [1.54, 1.807) is 0 Å². The minimum Gasteiger partial charge on any atom is -0.382 e. The summed E-state index contributed by atoms with van der Waals surface area (Å²) in [5.74, 6) is -0.0388. The van der Waals surface area contributed by atoms with Crippen LogP contribution in [0.1, 0.15) is 31.2 Å². The fourth-order valence-electron chi connectivity index (χ4n) is 2.24. The van der Waals surface area contributed by atoms with Gasteiger partial charge in [-0.1, -0.05) is 28.1 Å². The third-order valence-corrected chi connectivity index (χ3v) is 3.70. The van der Waals surface area contributed by atoms with Crippen molar-refractivity contribution in [3.8, 4) is 0 Å². The Morgan fingerprint density at radius 3 is 2.69 bits per heavy atom. The highest BCUT2D eigenvalue weighted by molar-refractivity contribution is 9.10. The Morgan fingerprint density at radius 1 is 1.38 bits per heavy atom.